The summed E-state index contributed by atoms with van der Waals surface area (Å²) in [5, 5.41) is 24.2. The van der Waals surface area contributed by atoms with Crippen LogP contribution in [0.4, 0.5) is 8.78 Å². The molecular weight excluding hydrogens is 217 g/mol. The molecule has 0 spiro atoms. The van der Waals surface area contributed by atoms with Crippen LogP contribution >= 0.6 is 7.60 Å². The highest BCUT2D eigenvalue weighted by Crippen LogP contribution is 2.57. The maximum Gasteiger partial charge on any atom is 0.409 e. The smallest absolute Gasteiger partial charge is 0.409 e. The van der Waals surface area contributed by atoms with Crippen molar-refractivity contribution in [1.29, 1.82) is 0 Å². The molecule has 0 aliphatic rings. The third-order valence-corrected chi connectivity index (χ3v) is 2.13. The van der Waals surface area contributed by atoms with Crippen LogP contribution in [0.3, 0.4) is 0 Å². The van der Waals surface area contributed by atoms with Crippen molar-refractivity contribution in [2.45, 2.75) is 11.5 Å². The summed E-state index contributed by atoms with van der Waals surface area (Å²) in [5.41, 5.74) is -5.47. The Bertz CT molecular complexity index is 267. The molecule has 0 unspecified atom stereocenters. The third kappa shape index (κ3) is 1.84. The molecule has 0 aromatic rings. The molecule has 7 nitrogen and oxygen atoms in total. The first kappa shape index (κ1) is 12.4. The summed E-state index contributed by atoms with van der Waals surface area (Å²) in [4.78, 5) is 25.6. The predicted octanol–water partition coefficient (Wildman–Crippen LogP) is -1.48. The van der Waals surface area contributed by atoms with Gasteiger partial charge in [-0.1, -0.05) is 0 Å². The lowest BCUT2D eigenvalue weighted by molar-refractivity contribution is -0.264. The Kier molecular flexibility index (Phi) is 2.83. The monoisotopic (exact) mass is 222 g/mol. The van der Waals surface area contributed by atoms with E-state index in [4.69, 9.17) is 25.1 Å². The molecule has 0 amide bonds. The summed E-state index contributed by atoms with van der Waals surface area (Å²) in [6.45, 7) is 0. The van der Waals surface area contributed by atoms with Gasteiger partial charge < -0.3 is 25.1 Å². The van der Waals surface area contributed by atoms with Crippen molar-refractivity contribution in [2.24, 2.45) is 0 Å². The van der Waals surface area contributed by atoms with Crippen molar-refractivity contribution in [3.63, 3.8) is 0 Å². The van der Waals surface area contributed by atoms with E-state index in [0.29, 0.717) is 0 Å². The SMILES string of the molecule is O=C(O)C(O)(O)C(F)(F)P(=O)(O)O. The van der Waals surface area contributed by atoms with E-state index in [1.54, 1.807) is 0 Å². The second kappa shape index (κ2) is 2.96. The number of carboxylic acids is 1. The molecule has 13 heavy (non-hydrogen) atoms. The number of halogens is 2. The Balaban J connectivity index is 5.29. The fraction of sp³-hybridized carbons (Fsp3) is 0.667. The Morgan fingerprint density at radius 3 is 1.62 bits per heavy atom. The van der Waals surface area contributed by atoms with Gasteiger partial charge in [-0.25, -0.2) is 4.79 Å². The van der Waals surface area contributed by atoms with Gasteiger partial charge >= 0.3 is 25.0 Å². The van der Waals surface area contributed by atoms with Gasteiger partial charge in [0.2, 0.25) is 0 Å². The van der Waals surface area contributed by atoms with Crippen molar-refractivity contribution in [3.05, 3.63) is 0 Å². The zero-order chi connectivity index (χ0) is 11.1. The van der Waals surface area contributed by atoms with Gasteiger partial charge in [-0.2, -0.15) is 8.78 Å². The largest absolute Gasteiger partial charge is 0.477 e. The Morgan fingerprint density at radius 1 is 1.23 bits per heavy atom. The number of carbonyl (C=O) groups is 1. The molecule has 0 heterocycles. The fourth-order valence-electron chi connectivity index (χ4n) is 0.332. The third-order valence-electron chi connectivity index (χ3n) is 1.08. The van der Waals surface area contributed by atoms with E-state index in [0.717, 1.165) is 0 Å². The number of hydrogen-bond donors (Lipinski definition) is 5. The van der Waals surface area contributed by atoms with Gasteiger partial charge in [-0.05, 0) is 0 Å². The van der Waals surface area contributed by atoms with E-state index >= 15 is 0 Å². The van der Waals surface area contributed by atoms with Crippen LogP contribution in [0.2, 0.25) is 0 Å². The van der Waals surface area contributed by atoms with Gasteiger partial charge in [0.25, 0.3) is 0 Å². The van der Waals surface area contributed by atoms with Crippen LogP contribution in [-0.2, 0) is 9.36 Å². The lowest BCUT2D eigenvalue weighted by Crippen LogP contribution is -2.54. The molecule has 0 aromatic carbocycles. The van der Waals surface area contributed by atoms with Crippen LogP contribution < -0.4 is 0 Å². The average Bonchev–Trinajstić information content (AvgIpc) is 1.84. The van der Waals surface area contributed by atoms with Crippen molar-refractivity contribution in [1.82, 2.24) is 0 Å². The first-order valence-electron chi connectivity index (χ1n) is 2.56. The standard InChI is InChI=1S/C3H5F2O7P/c4-3(5,13(10,11)12)2(8,9)1(6)7/h8-9H,(H,6,7)(H2,10,11,12). The zero-order valence-corrected chi connectivity index (χ0v) is 6.65. The molecule has 10 heteroatoms. The van der Waals surface area contributed by atoms with Crippen LogP contribution in [0.5, 0.6) is 0 Å². The van der Waals surface area contributed by atoms with E-state index in [2.05, 4.69) is 0 Å². The van der Waals surface area contributed by atoms with Crippen LogP contribution in [0.1, 0.15) is 0 Å². The van der Waals surface area contributed by atoms with E-state index in [1.165, 1.54) is 0 Å². The van der Waals surface area contributed by atoms with Crippen molar-refractivity contribution >= 4 is 13.6 Å². The minimum Gasteiger partial charge on any atom is -0.477 e. The summed E-state index contributed by atoms with van der Waals surface area (Å²) in [7, 11) is -6.26. The molecule has 0 aromatic heterocycles. The maximum atomic E-state index is 12.3. The van der Waals surface area contributed by atoms with Crippen molar-refractivity contribution < 1.29 is 43.2 Å². The molecule has 0 atom stereocenters. The number of hydrogen-bond acceptors (Lipinski definition) is 4. The van der Waals surface area contributed by atoms with Gasteiger partial charge in [0.15, 0.2) is 0 Å². The Labute approximate surface area is 69.4 Å². The highest BCUT2D eigenvalue weighted by molar-refractivity contribution is 7.53. The quantitative estimate of drug-likeness (QED) is 0.290. The van der Waals surface area contributed by atoms with Crippen molar-refractivity contribution in [3.8, 4) is 0 Å². The summed E-state index contributed by atoms with van der Waals surface area (Å²) in [6.07, 6.45) is 0. The molecule has 0 radical (unpaired) electrons. The summed E-state index contributed by atoms with van der Waals surface area (Å²) in [6, 6.07) is 0. The minimum atomic E-state index is -6.26. The van der Waals surface area contributed by atoms with E-state index in [1.807, 2.05) is 0 Å². The Morgan fingerprint density at radius 2 is 1.54 bits per heavy atom. The second-order valence-corrected chi connectivity index (χ2v) is 3.71. The van der Waals surface area contributed by atoms with Gasteiger partial charge in [-0.3, -0.25) is 4.57 Å². The van der Waals surface area contributed by atoms with Gasteiger partial charge in [0, 0.05) is 0 Å². The number of alkyl halides is 2. The highest BCUT2D eigenvalue weighted by Gasteiger charge is 2.69. The molecule has 0 fully saturated rings. The van der Waals surface area contributed by atoms with Gasteiger partial charge in [0.1, 0.15) is 0 Å². The summed E-state index contributed by atoms with van der Waals surface area (Å²) in [5.74, 6) is -7.66. The summed E-state index contributed by atoms with van der Waals surface area (Å²) >= 11 is 0. The van der Waals surface area contributed by atoms with Gasteiger partial charge in [0.05, 0.1) is 0 Å². The molecule has 78 valence electrons. The first-order chi connectivity index (χ1) is 5.44. The van der Waals surface area contributed by atoms with Crippen LogP contribution in [0.25, 0.3) is 0 Å². The molecule has 0 saturated heterocycles. The topological polar surface area (TPSA) is 135 Å². The number of aliphatic hydroxyl groups is 2. The normalized spacial score (nSPS) is 14.3. The Hall–Kier alpha value is -0.600. The first-order valence-corrected chi connectivity index (χ1v) is 4.17. The van der Waals surface area contributed by atoms with Crippen molar-refractivity contribution in [2.75, 3.05) is 0 Å². The lowest BCUT2D eigenvalue weighted by atomic mass is 10.3. The molecular formula is C3H5F2O7P. The lowest BCUT2D eigenvalue weighted by Gasteiger charge is -2.26. The average molecular weight is 222 g/mol. The molecule has 5 N–H and O–H groups in total. The van der Waals surface area contributed by atoms with Gasteiger partial charge in [-0.15, -0.1) is 0 Å². The highest BCUT2D eigenvalue weighted by atomic mass is 31.2. The molecule has 0 rings (SSSR count). The minimum absolute atomic E-state index is 2.86. The molecule has 0 saturated carbocycles. The molecule has 0 bridgehead atoms. The van der Waals surface area contributed by atoms with Crippen LogP contribution in [0.15, 0.2) is 0 Å². The molecule has 0 aliphatic heterocycles. The molecule has 0 aliphatic carbocycles. The van der Waals surface area contributed by atoms with E-state index in [9.17, 15) is 18.1 Å². The number of aliphatic carboxylic acids is 1. The van der Waals surface area contributed by atoms with Crippen LogP contribution in [-0.4, -0.2) is 42.5 Å². The summed E-state index contributed by atoms with van der Waals surface area (Å²) < 4.78 is 34.6. The van der Waals surface area contributed by atoms with E-state index in [-0.39, 0.29) is 0 Å². The fourth-order valence-corrected chi connectivity index (χ4v) is 0.834. The number of rotatable bonds is 3. The second-order valence-electron chi connectivity index (χ2n) is 2.06. The number of carboxylic acid groups (broad SMARTS) is 1. The predicted molar refractivity (Wildman–Crippen MR) is 31.8 cm³/mol. The zero-order valence-electron chi connectivity index (χ0n) is 5.76. The maximum absolute atomic E-state index is 12.3. The van der Waals surface area contributed by atoms with E-state index < -0.39 is 25.0 Å². The van der Waals surface area contributed by atoms with Crippen LogP contribution in [0, 0.1) is 0 Å².